The van der Waals surface area contributed by atoms with Crippen LogP contribution in [0.15, 0.2) is 24.3 Å². The Labute approximate surface area is 152 Å². The van der Waals surface area contributed by atoms with Gasteiger partial charge in [-0.1, -0.05) is 0 Å². The van der Waals surface area contributed by atoms with E-state index in [1.54, 1.807) is 31.2 Å². The normalized spacial score (nSPS) is 21.0. The molecule has 1 saturated heterocycles. The molecule has 1 aliphatic heterocycles. The Balaban J connectivity index is 1.70. The van der Waals surface area contributed by atoms with E-state index < -0.39 is 33.9 Å². The number of sulfone groups is 1. The van der Waals surface area contributed by atoms with Crippen molar-refractivity contribution in [3.05, 3.63) is 24.3 Å². The lowest BCUT2D eigenvalue weighted by Crippen LogP contribution is -2.48. The smallest absolute Gasteiger partial charge is 0.344 e. The Bertz CT molecular complexity index is 745. The minimum absolute atomic E-state index is 0.0412. The van der Waals surface area contributed by atoms with Gasteiger partial charge in [-0.05, 0) is 44.5 Å². The van der Waals surface area contributed by atoms with Gasteiger partial charge in [0, 0.05) is 0 Å². The van der Waals surface area contributed by atoms with E-state index in [2.05, 4.69) is 5.32 Å². The van der Waals surface area contributed by atoms with Crippen LogP contribution in [0.1, 0.15) is 20.3 Å². The molecule has 26 heavy (non-hydrogen) atoms. The van der Waals surface area contributed by atoms with Gasteiger partial charge >= 0.3 is 5.97 Å². The first-order chi connectivity index (χ1) is 12.2. The summed E-state index contributed by atoms with van der Waals surface area (Å²) >= 11 is 0. The summed E-state index contributed by atoms with van der Waals surface area (Å²) in [5, 5.41) is 2.61. The molecule has 144 valence electrons. The van der Waals surface area contributed by atoms with E-state index in [-0.39, 0.29) is 18.1 Å². The third-order valence-electron chi connectivity index (χ3n) is 3.80. The number of benzene rings is 1. The predicted octanol–water partition coefficient (Wildman–Crippen LogP) is 0.701. The van der Waals surface area contributed by atoms with Crippen LogP contribution >= 0.6 is 0 Å². The van der Waals surface area contributed by atoms with Gasteiger partial charge in [0.25, 0.3) is 5.91 Å². The van der Waals surface area contributed by atoms with Crippen LogP contribution in [-0.2, 0) is 24.2 Å². The van der Waals surface area contributed by atoms with Crippen LogP contribution in [0, 0.1) is 0 Å². The monoisotopic (exact) mass is 385 g/mol. The Kier molecular flexibility index (Phi) is 6.47. The molecular formula is C17H23NO7S. The first kappa shape index (κ1) is 20.0. The summed E-state index contributed by atoms with van der Waals surface area (Å²) in [5.41, 5.74) is -0.818. The summed E-state index contributed by atoms with van der Waals surface area (Å²) in [4.78, 5) is 23.5. The molecule has 1 aromatic rings. The van der Waals surface area contributed by atoms with Crippen molar-refractivity contribution in [2.75, 3.05) is 31.3 Å². The highest BCUT2D eigenvalue weighted by Gasteiger charge is 2.39. The number of carbonyl (C=O) groups excluding carboxylic acids is 2. The molecule has 0 radical (unpaired) electrons. The number of hydrogen-bond donors (Lipinski definition) is 1. The highest BCUT2D eigenvalue weighted by atomic mass is 32.2. The number of hydrogen-bond acceptors (Lipinski definition) is 7. The lowest BCUT2D eigenvalue weighted by atomic mass is 10.0. The minimum Gasteiger partial charge on any atom is -0.494 e. The zero-order valence-electron chi connectivity index (χ0n) is 14.8. The molecule has 0 bridgehead atoms. The van der Waals surface area contributed by atoms with Crippen molar-refractivity contribution in [1.29, 1.82) is 0 Å². The summed E-state index contributed by atoms with van der Waals surface area (Å²) in [6.45, 7) is 3.27. The standard InChI is InChI=1S/C17H23NO7S/c1-3-23-13-4-6-14(7-5-13)24-11-16(20)25-10-15(19)18-17(2)8-9-26(21,22)12-17/h4-7H,3,8-12H2,1-2H3,(H,18,19)/t17-/m1/s1. The summed E-state index contributed by atoms with van der Waals surface area (Å²) in [6.07, 6.45) is 0.343. The molecule has 8 nitrogen and oxygen atoms in total. The molecule has 9 heteroatoms. The largest absolute Gasteiger partial charge is 0.494 e. The summed E-state index contributed by atoms with van der Waals surface area (Å²) in [7, 11) is -3.13. The fourth-order valence-electron chi connectivity index (χ4n) is 2.61. The van der Waals surface area contributed by atoms with Crippen LogP contribution in [0.25, 0.3) is 0 Å². The molecule has 1 atom stereocenters. The number of rotatable bonds is 8. The molecule has 0 saturated carbocycles. The second-order valence-electron chi connectivity index (χ2n) is 6.30. The molecule has 0 unspecified atom stereocenters. The second-order valence-corrected chi connectivity index (χ2v) is 8.49. The van der Waals surface area contributed by atoms with Gasteiger partial charge in [-0.3, -0.25) is 4.79 Å². The van der Waals surface area contributed by atoms with Crippen LogP contribution in [0.5, 0.6) is 11.5 Å². The highest BCUT2D eigenvalue weighted by Crippen LogP contribution is 2.22. The third-order valence-corrected chi connectivity index (χ3v) is 5.70. The van der Waals surface area contributed by atoms with Gasteiger partial charge in [0.1, 0.15) is 11.5 Å². The minimum atomic E-state index is -3.13. The number of nitrogens with one attached hydrogen (secondary N) is 1. The first-order valence-corrected chi connectivity index (χ1v) is 10.1. The lowest BCUT2D eigenvalue weighted by molar-refractivity contribution is -0.150. The number of esters is 1. The maximum Gasteiger partial charge on any atom is 0.344 e. The topological polar surface area (TPSA) is 108 Å². The molecule has 2 rings (SSSR count). The van der Waals surface area contributed by atoms with Crippen LogP contribution in [0.2, 0.25) is 0 Å². The van der Waals surface area contributed by atoms with E-state index in [1.165, 1.54) is 0 Å². The SMILES string of the molecule is CCOc1ccc(OCC(=O)OCC(=O)N[C@]2(C)CCS(=O)(=O)C2)cc1. The number of amides is 1. The fourth-order valence-corrected chi connectivity index (χ4v) is 4.70. The molecular weight excluding hydrogens is 362 g/mol. The zero-order chi connectivity index (χ0) is 19.2. The Morgan fingerprint density at radius 3 is 2.27 bits per heavy atom. The van der Waals surface area contributed by atoms with Crippen LogP contribution in [0.4, 0.5) is 0 Å². The second kappa shape index (κ2) is 8.39. The van der Waals surface area contributed by atoms with Crippen LogP contribution in [-0.4, -0.2) is 57.2 Å². The quantitative estimate of drug-likeness (QED) is 0.656. The summed E-state index contributed by atoms with van der Waals surface area (Å²) in [5.74, 6) is -0.141. The van der Waals surface area contributed by atoms with Gasteiger partial charge in [0.2, 0.25) is 0 Å². The van der Waals surface area contributed by atoms with Gasteiger partial charge < -0.3 is 19.5 Å². The van der Waals surface area contributed by atoms with E-state index in [0.717, 1.165) is 0 Å². The summed E-state index contributed by atoms with van der Waals surface area (Å²) < 4.78 is 38.4. The first-order valence-electron chi connectivity index (χ1n) is 8.24. The van der Waals surface area contributed by atoms with Gasteiger partial charge in [0.15, 0.2) is 23.1 Å². The van der Waals surface area contributed by atoms with Crippen molar-refractivity contribution in [2.24, 2.45) is 0 Å². The van der Waals surface area contributed by atoms with E-state index >= 15 is 0 Å². The molecule has 0 aromatic heterocycles. The molecule has 1 aromatic carbocycles. The molecule has 0 aliphatic carbocycles. The van der Waals surface area contributed by atoms with E-state index in [1.807, 2.05) is 6.92 Å². The van der Waals surface area contributed by atoms with Crippen molar-refractivity contribution in [3.63, 3.8) is 0 Å². The molecule has 1 amide bonds. The molecule has 1 heterocycles. The van der Waals surface area contributed by atoms with E-state index in [0.29, 0.717) is 24.5 Å². The van der Waals surface area contributed by atoms with Crippen molar-refractivity contribution in [2.45, 2.75) is 25.8 Å². The molecule has 1 aliphatic rings. The zero-order valence-corrected chi connectivity index (χ0v) is 15.6. The average molecular weight is 385 g/mol. The fraction of sp³-hybridized carbons (Fsp3) is 0.529. The average Bonchev–Trinajstić information content (AvgIpc) is 2.85. The third kappa shape index (κ3) is 6.21. The van der Waals surface area contributed by atoms with Gasteiger partial charge in [0.05, 0.1) is 23.7 Å². The van der Waals surface area contributed by atoms with Crippen molar-refractivity contribution in [1.82, 2.24) is 5.32 Å². The predicted molar refractivity (Wildman–Crippen MR) is 93.9 cm³/mol. The van der Waals surface area contributed by atoms with E-state index in [4.69, 9.17) is 14.2 Å². The maximum atomic E-state index is 11.9. The molecule has 0 spiro atoms. The number of carbonyl (C=O) groups is 2. The Morgan fingerprint density at radius 2 is 1.73 bits per heavy atom. The Morgan fingerprint density at radius 1 is 1.12 bits per heavy atom. The molecule has 1 fully saturated rings. The highest BCUT2D eigenvalue weighted by molar-refractivity contribution is 7.91. The summed E-state index contributed by atoms with van der Waals surface area (Å²) in [6, 6.07) is 6.75. The molecule has 1 N–H and O–H groups in total. The Hall–Kier alpha value is -2.29. The van der Waals surface area contributed by atoms with Crippen molar-refractivity contribution in [3.8, 4) is 11.5 Å². The lowest BCUT2D eigenvalue weighted by Gasteiger charge is -2.23. The van der Waals surface area contributed by atoms with Gasteiger partial charge in [-0.25, -0.2) is 13.2 Å². The van der Waals surface area contributed by atoms with Gasteiger partial charge in [-0.2, -0.15) is 0 Å². The van der Waals surface area contributed by atoms with Gasteiger partial charge in [-0.15, -0.1) is 0 Å². The number of ether oxygens (including phenoxy) is 3. The maximum absolute atomic E-state index is 11.9. The van der Waals surface area contributed by atoms with Crippen LogP contribution < -0.4 is 14.8 Å². The van der Waals surface area contributed by atoms with E-state index in [9.17, 15) is 18.0 Å². The van der Waals surface area contributed by atoms with Crippen molar-refractivity contribution < 1.29 is 32.2 Å². The van der Waals surface area contributed by atoms with Crippen LogP contribution in [0.3, 0.4) is 0 Å². The van der Waals surface area contributed by atoms with Crippen molar-refractivity contribution >= 4 is 21.7 Å².